The summed E-state index contributed by atoms with van der Waals surface area (Å²) in [5.74, 6) is -2.53. The van der Waals surface area contributed by atoms with Gasteiger partial charge in [-0.25, -0.2) is 8.78 Å². The maximum atomic E-state index is 12.6. The molecule has 0 spiro atoms. The van der Waals surface area contributed by atoms with Gasteiger partial charge in [0, 0.05) is 0 Å². The number of nitrogens with one attached hydrogen (secondary N) is 1. The lowest BCUT2D eigenvalue weighted by atomic mass is 10.1. The van der Waals surface area contributed by atoms with Crippen molar-refractivity contribution in [3.63, 3.8) is 0 Å². The Morgan fingerprint density at radius 2 is 2.14 bits per heavy atom. The Kier molecular flexibility index (Phi) is 3.13. The fourth-order valence-corrected chi connectivity index (χ4v) is 0.942. The topological polar surface area (TPSA) is 52.9 Å². The molecule has 0 unspecified atom stereocenters. The average molecular weight is 196 g/mol. The largest absolute Gasteiger partial charge is 0.274 e. The van der Waals surface area contributed by atoms with E-state index in [0.29, 0.717) is 5.56 Å². The van der Waals surface area contributed by atoms with E-state index in [-0.39, 0.29) is 6.42 Å². The normalized spacial score (nSPS) is 9.21. The second kappa shape index (κ2) is 4.33. The van der Waals surface area contributed by atoms with Crippen LogP contribution in [0.25, 0.3) is 0 Å². The highest BCUT2D eigenvalue weighted by Gasteiger charge is 2.06. The zero-order chi connectivity index (χ0) is 10.6. The SMILES string of the molecule is N#CNC(=O)Cc1ccc(F)c(F)c1. The van der Waals surface area contributed by atoms with Crippen molar-refractivity contribution in [2.24, 2.45) is 0 Å². The number of nitriles is 1. The number of carbonyl (C=O) groups excluding carboxylic acids is 1. The summed E-state index contributed by atoms with van der Waals surface area (Å²) in [6, 6.07) is 3.14. The second-order valence-corrected chi connectivity index (χ2v) is 2.59. The van der Waals surface area contributed by atoms with Gasteiger partial charge in [-0.15, -0.1) is 0 Å². The van der Waals surface area contributed by atoms with E-state index in [0.717, 1.165) is 12.1 Å². The predicted molar refractivity (Wildman–Crippen MR) is 43.8 cm³/mol. The highest BCUT2D eigenvalue weighted by Crippen LogP contribution is 2.08. The van der Waals surface area contributed by atoms with Crippen LogP contribution in [-0.2, 0) is 11.2 Å². The van der Waals surface area contributed by atoms with Crippen LogP contribution in [-0.4, -0.2) is 5.91 Å². The third-order valence-electron chi connectivity index (χ3n) is 1.54. The van der Waals surface area contributed by atoms with Gasteiger partial charge in [-0.2, -0.15) is 5.26 Å². The molecule has 0 aromatic heterocycles. The zero-order valence-electron chi connectivity index (χ0n) is 7.05. The summed E-state index contributed by atoms with van der Waals surface area (Å²) in [5, 5.41) is 9.98. The number of hydrogen-bond acceptors (Lipinski definition) is 2. The van der Waals surface area contributed by atoms with Crippen LogP contribution < -0.4 is 5.32 Å². The molecule has 3 nitrogen and oxygen atoms in total. The number of hydrogen-bond donors (Lipinski definition) is 1. The molecule has 1 amide bonds. The summed E-state index contributed by atoms with van der Waals surface area (Å²) in [6.07, 6.45) is 1.30. The fourth-order valence-electron chi connectivity index (χ4n) is 0.942. The molecular weight excluding hydrogens is 190 g/mol. The molecule has 1 aromatic carbocycles. The van der Waals surface area contributed by atoms with Crippen LogP contribution in [0.4, 0.5) is 8.78 Å². The Morgan fingerprint density at radius 1 is 1.43 bits per heavy atom. The van der Waals surface area contributed by atoms with Gasteiger partial charge in [-0.05, 0) is 17.7 Å². The molecule has 72 valence electrons. The van der Waals surface area contributed by atoms with E-state index in [4.69, 9.17) is 5.26 Å². The lowest BCUT2D eigenvalue weighted by Gasteiger charge is -1.99. The monoisotopic (exact) mass is 196 g/mol. The average Bonchev–Trinajstić information content (AvgIpc) is 2.12. The van der Waals surface area contributed by atoms with Crippen LogP contribution in [0.1, 0.15) is 5.56 Å². The minimum atomic E-state index is -1.01. The Labute approximate surface area is 79.0 Å². The van der Waals surface area contributed by atoms with Crippen LogP contribution in [0.15, 0.2) is 18.2 Å². The van der Waals surface area contributed by atoms with E-state index in [1.807, 2.05) is 5.32 Å². The first-order valence-corrected chi connectivity index (χ1v) is 3.75. The molecule has 1 N–H and O–H groups in total. The summed E-state index contributed by atoms with van der Waals surface area (Å²) in [6.45, 7) is 0. The van der Waals surface area contributed by atoms with E-state index in [1.54, 1.807) is 0 Å². The molecule has 0 aliphatic heterocycles. The maximum Gasteiger partial charge on any atom is 0.237 e. The van der Waals surface area contributed by atoms with E-state index in [9.17, 15) is 13.6 Å². The van der Waals surface area contributed by atoms with Gasteiger partial charge >= 0.3 is 0 Å². The molecule has 0 fully saturated rings. The Morgan fingerprint density at radius 3 is 2.71 bits per heavy atom. The highest BCUT2D eigenvalue weighted by molar-refractivity contribution is 5.79. The van der Waals surface area contributed by atoms with Crippen molar-refractivity contribution < 1.29 is 13.6 Å². The zero-order valence-corrected chi connectivity index (χ0v) is 7.05. The highest BCUT2D eigenvalue weighted by atomic mass is 19.2. The first-order valence-electron chi connectivity index (χ1n) is 3.75. The Hall–Kier alpha value is -1.96. The summed E-state index contributed by atoms with van der Waals surface area (Å²) < 4.78 is 25.1. The predicted octanol–water partition coefficient (Wildman–Crippen LogP) is 1.10. The summed E-state index contributed by atoms with van der Waals surface area (Å²) in [5.41, 5.74) is 0.316. The molecule has 5 heteroatoms. The molecule has 0 aliphatic carbocycles. The summed E-state index contributed by atoms with van der Waals surface area (Å²) in [7, 11) is 0. The van der Waals surface area contributed by atoms with Gasteiger partial charge in [0.25, 0.3) is 0 Å². The van der Waals surface area contributed by atoms with Crippen LogP contribution >= 0.6 is 0 Å². The van der Waals surface area contributed by atoms with E-state index in [2.05, 4.69) is 0 Å². The smallest absolute Gasteiger partial charge is 0.237 e. The number of amides is 1. The van der Waals surface area contributed by atoms with E-state index in [1.165, 1.54) is 12.3 Å². The van der Waals surface area contributed by atoms with Crippen molar-refractivity contribution in [3.8, 4) is 6.19 Å². The summed E-state index contributed by atoms with van der Waals surface area (Å²) in [4.78, 5) is 10.9. The second-order valence-electron chi connectivity index (χ2n) is 2.59. The molecule has 0 radical (unpaired) electrons. The van der Waals surface area contributed by atoms with Gasteiger partial charge in [0.1, 0.15) is 0 Å². The Balaban J connectivity index is 2.74. The molecular formula is C9H6F2N2O. The number of rotatable bonds is 2. The van der Waals surface area contributed by atoms with Crippen molar-refractivity contribution in [1.82, 2.24) is 5.32 Å². The molecule has 0 aliphatic rings. The lowest BCUT2D eigenvalue weighted by molar-refractivity contribution is -0.119. The van der Waals surface area contributed by atoms with Gasteiger partial charge in [0.15, 0.2) is 17.8 Å². The minimum absolute atomic E-state index is 0.148. The van der Waals surface area contributed by atoms with Gasteiger partial charge < -0.3 is 0 Å². The van der Waals surface area contributed by atoms with Crippen molar-refractivity contribution in [2.45, 2.75) is 6.42 Å². The summed E-state index contributed by atoms with van der Waals surface area (Å²) >= 11 is 0. The Bertz CT molecular complexity index is 398. The van der Waals surface area contributed by atoms with Gasteiger partial charge in [-0.1, -0.05) is 6.07 Å². The molecule has 0 saturated heterocycles. The molecule has 1 aromatic rings. The van der Waals surface area contributed by atoms with Crippen LogP contribution in [0.2, 0.25) is 0 Å². The van der Waals surface area contributed by atoms with Gasteiger partial charge in [0.05, 0.1) is 6.42 Å². The third-order valence-corrected chi connectivity index (χ3v) is 1.54. The van der Waals surface area contributed by atoms with Crippen molar-refractivity contribution in [1.29, 1.82) is 5.26 Å². The molecule has 14 heavy (non-hydrogen) atoms. The molecule has 1 rings (SSSR count). The van der Waals surface area contributed by atoms with Crippen LogP contribution in [0.5, 0.6) is 0 Å². The van der Waals surface area contributed by atoms with Crippen molar-refractivity contribution in [3.05, 3.63) is 35.4 Å². The van der Waals surface area contributed by atoms with Gasteiger partial charge in [-0.3, -0.25) is 10.1 Å². The first kappa shape index (κ1) is 10.1. The number of benzene rings is 1. The number of carbonyl (C=O) groups is 1. The standard InChI is InChI=1S/C9H6F2N2O/c10-7-2-1-6(3-8(7)11)4-9(14)13-5-12/h1-3H,4H2,(H,13,14). The van der Waals surface area contributed by atoms with E-state index < -0.39 is 17.5 Å². The molecule has 0 bridgehead atoms. The van der Waals surface area contributed by atoms with Crippen molar-refractivity contribution >= 4 is 5.91 Å². The number of nitrogens with zero attached hydrogens (tertiary/aromatic N) is 1. The molecule has 0 atom stereocenters. The first-order chi connectivity index (χ1) is 6.63. The molecule has 0 saturated carbocycles. The lowest BCUT2D eigenvalue weighted by Crippen LogP contribution is -2.19. The third kappa shape index (κ3) is 2.52. The van der Waals surface area contributed by atoms with Crippen LogP contribution in [0.3, 0.4) is 0 Å². The minimum Gasteiger partial charge on any atom is -0.274 e. The van der Waals surface area contributed by atoms with Gasteiger partial charge in [0.2, 0.25) is 5.91 Å². The maximum absolute atomic E-state index is 12.6. The van der Waals surface area contributed by atoms with E-state index >= 15 is 0 Å². The van der Waals surface area contributed by atoms with Crippen LogP contribution in [0, 0.1) is 23.1 Å². The number of halogens is 2. The molecule has 0 heterocycles. The fraction of sp³-hybridized carbons (Fsp3) is 0.111. The van der Waals surface area contributed by atoms with Crippen molar-refractivity contribution in [2.75, 3.05) is 0 Å². The quantitative estimate of drug-likeness (QED) is 0.569.